The molecule has 4 unspecified atom stereocenters. The van der Waals surface area contributed by atoms with E-state index >= 15 is 0 Å². The van der Waals surface area contributed by atoms with Crippen LogP contribution in [0.25, 0.3) is 0 Å². The van der Waals surface area contributed by atoms with Gasteiger partial charge in [-0.05, 0) is 69.2 Å². The van der Waals surface area contributed by atoms with Crippen molar-refractivity contribution in [2.75, 3.05) is 0 Å². The zero-order chi connectivity index (χ0) is 32.3. The fourth-order valence-corrected chi connectivity index (χ4v) is 5.29. The third-order valence-corrected chi connectivity index (χ3v) is 7.27. The highest BCUT2D eigenvalue weighted by molar-refractivity contribution is 5.88. The SMILES string of the molecule is CC(C)C(C(N)=O)N(Cc1ccccn1)C(=O)C(Cc1ccccc1)CC(O)C(Cc1ccccc1)NC(=O)OC(C)(C)C. The van der Waals surface area contributed by atoms with E-state index < -0.39 is 41.7 Å². The summed E-state index contributed by atoms with van der Waals surface area (Å²) >= 11 is 0. The largest absolute Gasteiger partial charge is 0.444 e. The summed E-state index contributed by atoms with van der Waals surface area (Å²) in [5.41, 5.74) is 7.54. The van der Waals surface area contributed by atoms with Crippen LogP contribution < -0.4 is 11.1 Å². The van der Waals surface area contributed by atoms with Crippen LogP contribution in [0, 0.1) is 11.8 Å². The van der Waals surface area contributed by atoms with Crippen molar-refractivity contribution >= 4 is 17.9 Å². The summed E-state index contributed by atoms with van der Waals surface area (Å²) in [6.07, 6.45) is 0.499. The Labute approximate surface area is 260 Å². The number of carbonyl (C=O) groups is 3. The molecule has 4 atom stereocenters. The molecule has 236 valence electrons. The Kier molecular flexibility index (Phi) is 12.5. The number of aliphatic hydroxyl groups is 1. The van der Waals surface area contributed by atoms with Crippen molar-refractivity contribution in [2.45, 2.75) is 84.2 Å². The first kappa shape index (κ1) is 34.3. The van der Waals surface area contributed by atoms with Crippen molar-refractivity contribution in [1.29, 1.82) is 0 Å². The average Bonchev–Trinajstić information content (AvgIpc) is 2.96. The third kappa shape index (κ3) is 10.8. The minimum absolute atomic E-state index is 0.0172. The maximum Gasteiger partial charge on any atom is 0.407 e. The Balaban J connectivity index is 1.98. The maximum absolute atomic E-state index is 14.5. The van der Waals surface area contributed by atoms with E-state index in [-0.39, 0.29) is 24.8 Å². The van der Waals surface area contributed by atoms with Crippen molar-refractivity contribution in [3.63, 3.8) is 0 Å². The molecule has 0 bridgehead atoms. The number of rotatable bonds is 14. The lowest BCUT2D eigenvalue weighted by atomic mass is 9.87. The Morgan fingerprint density at radius 2 is 1.48 bits per heavy atom. The molecule has 1 aromatic heterocycles. The van der Waals surface area contributed by atoms with Gasteiger partial charge in [-0.1, -0.05) is 80.6 Å². The van der Waals surface area contributed by atoms with E-state index in [4.69, 9.17) is 10.5 Å². The molecule has 0 aliphatic heterocycles. The Bertz CT molecular complexity index is 1330. The molecule has 0 aliphatic carbocycles. The summed E-state index contributed by atoms with van der Waals surface area (Å²) < 4.78 is 5.50. The molecule has 0 saturated carbocycles. The van der Waals surface area contributed by atoms with Crippen LogP contribution in [0.4, 0.5) is 4.79 Å². The van der Waals surface area contributed by atoms with Gasteiger partial charge in [0.2, 0.25) is 11.8 Å². The van der Waals surface area contributed by atoms with Crippen molar-refractivity contribution in [2.24, 2.45) is 17.6 Å². The second-order valence-corrected chi connectivity index (χ2v) is 12.5. The second kappa shape index (κ2) is 16.0. The summed E-state index contributed by atoms with van der Waals surface area (Å²) in [6.45, 7) is 9.07. The predicted octanol–water partition coefficient (Wildman–Crippen LogP) is 4.67. The summed E-state index contributed by atoms with van der Waals surface area (Å²) in [7, 11) is 0. The number of nitrogens with two attached hydrogens (primary N) is 1. The highest BCUT2D eigenvalue weighted by atomic mass is 16.6. The molecule has 0 fully saturated rings. The molecule has 44 heavy (non-hydrogen) atoms. The fraction of sp³-hybridized carbons (Fsp3) is 0.429. The van der Waals surface area contributed by atoms with Gasteiger partial charge in [-0.25, -0.2) is 4.79 Å². The van der Waals surface area contributed by atoms with Gasteiger partial charge < -0.3 is 25.8 Å². The number of hydrogen-bond donors (Lipinski definition) is 3. The highest BCUT2D eigenvalue weighted by Crippen LogP contribution is 2.25. The van der Waals surface area contributed by atoms with E-state index in [1.807, 2.05) is 80.6 Å². The molecule has 3 amide bonds. The van der Waals surface area contributed by atoms with Crippen molar-refractivity contribution < 1.29 is 24.2 Å². The number of hydrogen-bond acceptors (Lipinski definition) is 6. The molecule has 4 N–H and O–H groups in total. The van der Waals surface area contributed by atoms with Gasteiger partial charge in [0.25, 0.3) is 0 Å². The maximum atomic E-state index is 14.5. The van der Waals surface area contributed by atoms with Crippen LogP contribution in [0.1, 0.15) is 57.9 Å². The van der Waals surface area contributed by atoms with E-state index in [9.17, 15) is 19.5 Å². The number of pyridine rings is 1. The lowest BCUT2D eigenvalue weighted by molar-refractivity contribution is -0.146. The van der Waals surface area contributed by atoms with Gasteiger partial charge in [-0.3, -0.25) is 14.6 Å². The number of aliphatic hydroxyl groups excluding tert-OH is 1. The first-order chi connectivity index (χ1) is 20.8. The zero-order valence-electron chi connectivity index (χ0n) is 26.4. The highest BCUT2D eigenvalue weighted by Gasteiger charge is 2.37. The fourth-order valence-electron chi connectivity index (χ4n) is 5.29. The minimum Gasteiger partial charge on any atom is -0.444 e. The zero-order valence-corrected chi connectivity index (χ0v) is 26.4. The Morgan fingerprint density at radius 1 is 0.909 bits per heavy atom. The van der Waals surface area contributed by atoms with Gasteiger partial charge in [0.15, 0.2) is 0 Å². The monoisotopic (exact) mass is 602 g/mol. The van der Waals surface area contributed by atoms with Crippen molar-refractivity contribution in [3.8, 4) is 0 Å². The van der Waals surface area contributed by atoms with Gasteiger partial charge in [0, 0.05) is 12.1 Å². The molecule has 2 aromatic carbocycles. The standard InChI is InChI=1S/C35H46N4O5/c1-24(2)31(32(36)41)39(23-28-18-12-13-19-37-28)33(42)27(20-25-14-8-6-9-15-25)22-30(40)29(21-26-16-10-7-11-17-26)38-34(43)44-35(3,4)5/h6-19,24,27,29-31,40H,20-23H2,1-5H3,(H2,36,41)(H,38,43). The average molecular weight is 603 g/mol. The van der Waals surface area contributed by atoms with Crippen molar-refractivity contribution in [3.05, 3.63) is 102 Å². The molecule has 0 radical (unpaired) electrons. The smallest absolute Gasteiger partial charge is 0.407 e. The Morgan fingerprint density at radius 3 is 1.98 bits per heavy atom. The van der Waals surface area contributed by atoms with Crippen LogP contribution in [0.2, 0.25) is 0 Å². The number of ether oxygens (including phenoxy) is 1. The lowest BCUT2D eigenvalue weighted by Crippen LogP contribution is -2.53. The molecule has 3 aromatic rings. The molecule has 1 heterocycles. The van der Waals surface area contributed by atoms with E-state index in [0.29, 0.717) is 18.5 Å². The quantitative estimate of drug-likeness (QED) is 0.246. The van der Waals surface area contributed by atoms with Gasteiger partial charge in [0.1, 0.15) is 11.6 Å². The predicted molar refractivity (Wildman–Crippen MR) is 170 cm³/mol. The van der Waals surface area contributed by atoms with Gasteiger partial charge in [-0.2, -0.15) is 0 Å². The number of amides is 3. The number of aromatic nitrogens is 1. The Hall–Kier alpha value is -4.24. The van der Waals surface area contributed by atoms with Crippen LogP contribution in [0.5, 0.6) is 0 Å². The molecule has 9 heteroatoms. The van der Waals surface area contributed by atoms with Crippen LogP contribution in [-0.4, -0.2) is 56.7 Å². The molecule has 3 rings (SSSR count). The van der Waals surface area contributed by atoms with E-state index in [1.165, 1.54) is 4.90 Å². The number of alkyl carbamates (subject to hydrolysis) is 1. The van der Waals surface area contributed by atoms with E-state index in [2.05, 4.69) is 10.3 Å². The molecule has 0 spiro atoms. The molecular formula is C35H46N4O5. The normalized spacial score (nSPS) is 14.2. The summed E-state index contributed by atoms with van der Waals surface area (Å²) in [6, 6.07) is 22.8. The number of nitrogens with zero attached hydrogens (tertiary/aromatic N) is 2. The van der Waals surface area contributed by atoms with Crippen LogP contribution in [-0.2, 0) is 33.7 Å². The molecule has 9 nitrogen and oxygen atoms in total. The van der Waals surface area contributed by atoms with Gasteiger partial charge in [0.05, 0.1) is 24.4 Å². The molecule has 0 aliphatic rings. The van der Waals surface area contributed by atoms with E-state index in [1.54, 1.807) is 39.1 Å². The topological polar surface area (TPSA) is 135 Å². The van der Waals surface area contributed by atoms with E-state index in [0.717, 1.165) is 11.1 Å². The van der Waals surface area contributed by atoms with Crippen LogP contribution in [0.3, 0.4) is 0 Å². The lowest BCUT2D eigenvalue weighted by Gasteiger charge is -2.36. The summed E-state index contributed by atoms with van der Waals surface area (Å²) in [5, 5.41) is 14.5. The third-order valence-electron chi connectivity index (χ3n) is 7.27. The summed E-state index contributed by atoms with van der Waals surface area (Å²) in [5.74, 6) is -1.94. The summed E-state index contributed by atoms with van der Waals surface area (Å²) in [4.78, 5) is 45.9. The van der Waals surface area contributed by atoms with Crippen LogP contribution >= 0.6 is 0 Å². The number of primary amides is 1. The van der Waals surface area contributed by atoms with Crippen LogP contribution in [0.15, 0.2) is 85.1 Å². The second-order valence-electron chi connectivity index (χ2n) is 12.5. The first-order valence-electron chi connectivity index (χ1n) is 15.1. The van der Waals surface area contributed by atoms with Crippen molar-refractivity contribution in [1.82, 2.24) is 15.2 Å². The number of carbonyl (C=O) groups excluding carboxylic acids is 3. The molecular weight excluding hydrogens is 556 g/mol. The minimum atomic E-state index is -1.12. The number of nitrogens with one attached hydrogen (secondary N) is 1. The van der Waals surface area contributed by atoms with Gasteiger partial charge >= 0.3 is 6.09 Å². The number of benzene rings is 2. The van der Waals surface area contributed by atoms with Gasteiger partial charge in [-0.15, -0.1) is 0 Å². The first-order valence-corrected chi connectivity index (χ1v) is 15.1. The molecule has 0 saturated heterocycles.